The molecule has 4 N–H and O–H groups in total. The van der Waals surface area contributed by atoms with E-state index >= 15 is 0 Å². The van der Waals surface area contributed by atoms with Gasteiger partial charge in [-0.05, 0) is 103 Å². The van der Waals surface area contributed by atoms with Gasteiger partial charge in [0.1, 0.15) is 6.04 Å². The van der Waals surface area contributed by atoms with E-state index < -0.39 is 11.9 Å². The molecule has 1 aliphatic heterocycles. The number of aliphatic carboxylic acids is 1. The number of fused-ring (bicyclic) bond motifs is 3. The van der Waals surface area contributed by atoms with Crippen LogP contribution in [0.3, 0.4) is 0 Å². The van der Waals surface area contributed by atoms with Crippen molar-refractivity contribution in [1.82, 2.24) is 25.5 Å². The normalized spacial score (nSPS) is 43.6. The molecule has 0 aromatic carbocycles. The lowest BCUT2D eigenvalue weighted by atomic mass is 9.34. The fraction of sp³-hybridized carbons (Fsp3) is 0.897. The molecule has 1 aromatic rings. The van der Waals surface area contributed by atoms with Crippen LogP contribution in [-0.2, 0) is 14.3 Å². The van der Waals surface area contributed by atoms with Crippen LogP contribution in [0.5, 0.6) is 0 Å². The molecule has 276 valence electrons. The van der Waals surface area contributed by atoms with Crippen molar-refractivity contribution in [3.05, 3.63) is 11.6 Å². The first-order valence-corrected chi connectivity index (χ1v) is 19.3. The third-order valence-electron chi connectivity index (χ3n) is 16.2. The molecule has 10 nitrogen and oxygen atoms in total. The lowest BCUT2D eigenvalue weighted by Crippen LogP contribution is -2.69. The lowest BCUT2D eigenvalue weighted by molar-refractivity contribution is -0.254. The van der Waals surface area contributed by atoms with Crippen molar-refractivity contribution >= 4 is 11.9 Å². The second-order valence-electron chi connectivity index (χ2n) is 18.9. The first kappa shape index (κ1) is 36.7. The predicted molar refractivity (Wildman–Crippen MR) is 191 cm³/mol. The standard InChI is InChI=1S/C39H66N6O4/c1-12-41-38(11,24(4)5)21-49-31-28(45-43-33(40)42-44-45)19-39-22-48-20-35(31,8)29(39)14-13-26-27(39)15-16-37(10)30(32(46)47)34(7,25(6)23(2)3)17-18-36(26,37)9/h15,23-26,28-31,41H,12-14,16-22H2,1-11H3,(H2,40,43)(H,46,47)/t25-,26+,28-,29+,30-,31+,34-,35+,36-,37+,38+,39?/m1/s1. The van der Waals surface area contributed by atoms with Crippen LogP contribution >= 0.6 is 0 Å². The largest absolute Gasteiger partial charge is 0.481 e. The molecule has 2 bridgehead atoms. The molecular formula is C39H66N6O4. The molecule has 4 fully saturated rings. The van der Waals surface area contributed by atoms with E-state index in [0.717, 1.165) is 45.1 Å². The number of tetrazole rings is 1. The molecule has 1 saturated heterocycles. The molecular weight excluding hydrogens is 616 g/mol. The number of carboxylic acids is 1. The molecule has 1 aromatic heterocycles. The van der Waals surface area contributed by atoms with E-state index in [9.17, 15) is 9.90 Å². The van der Waals surface area contributed by atoms with Crippen LogP contribution < -0.4 is 11.1 Å². The van der Waals surface area contributed by atoms with Crippen LogP contribution in [0.4, 0.5) is 5.95 Å². The molecule has 49 heavy (non-hydrogen) atoms. The van der Waals surface area contributed by atoms with Crippen molar-refractivity contribution in [1.29, 1.82) is 0 Å². The Kier molecular flexibility index (Phi) is 9.21. The molecule has 3 saturated carbocycles. The summed E-state index contributed by atoms with van der Waals surface area (Å²) in [5.74, 6) is 0.892. The summed E-state index contributed by atoms with van der Waals surface area (Å²) in [6, 6.07) is -0.165. The summed E-state index contributed by atoms with van der Waals surface area (Å²) in [6.45, 7) is 27.8. The predicted octanol–water partition coefficient (Wildman–Crippen LogP) is 6.79. The Morgan fingerprint density at radius 2 is 1.86 bits per heavy atom. The fourth-order valence-corrected chi connectivity index (χ4v) is 12.6. The summed E-state index contributed by atoms with van der Waals surface area (Å²) in [7, 11) is 0. The van der Waals surface area contributed by atoms with Gasteiger partial charge < -0.3 is 25.6 Å². The molecule has 0 amide bonds. The zero-order chi connectivity index (χ0) is 35.9. The molecule has 6 rings (SSSR count). The highest BCUT2D eigenvalue weighted by molar-refractivity contribution is 5.73. The van der Waals surface area contributed by atoms with Gasteiger partial charge in [0.2, 0.25) is 0 Å². The van der Waals surface area contributed by atoms with Gasteiger partial charge in [0.25, 0.3) is 5.95 Å². The van der Waals surface area contributed by atoms with Gasteiger partial charge in [-0.3, -0.25) is 4.79 Å². The summed E-state index contributed by atoms with van der Waals surface area (Å²) in [4.78, 5) is 15.2. The molecule has 4 aliphatic carbocycles. The Hall–Kier alpha value is -2.04. The number of aromatic nitrogens is 4. The average molecular weight is 683 g/mol. The van der Waals surface area contributed by atoms with E-state index in [0.29, 0.717) is 49.4 Å². The maximum absolute atomic E-state index is 13.5. The van der Waals surface area contributed by atoms with E-state index in [1.807, 2.05) is 0 Å². The number of carboxylic acid groups (broad SMARTS) is 1. The minimum Gasteiger partial charge on any atom is -0.481 e. The Morgan fingerprint density at radius 3 is 2.45 bits per heavy atom. The minimum absolute atomic E-state index is 0.145. The highest BCUT2D eigenvalue weighted by Gasteiger charge is 2.72. The Bertz CT molecular complexity index is 1450. The van der Waals surface area contributed by atoms with Crippen molar-refractivity contribution in [2.75, 3.05) is 32.1 Å². The van der Waals surface area contributed by atoms with E-state index in [1.54, 1.807) is 4.80 Å². The number of hydrogen-bond acceptors (Lipinski definition) is 8. The van der Waals surface area contributed by atoms with Gasteiger partial charge in [-0.25, -0.2) is 0 Å². The van der Waals surface area contributed by atoms with E-state index in [1.165, 1.54) is 5.57 Å². The number of allylic oxidation sites excluding steroid dienone is 1. The van der Waals surface area contributed by atoms with Crippen LogP contribution in [0.15, 0.2) is 11.6 Å². The number of hydrogen-bond donors (Lipinski definition) is 3. The summed E-state index contributed by atoms with van der Waals surface area (Å²) in [5, 5.41) is 28.0. The number of anilines is 1. The Balaban J connectivity index is 1.43. The molecule has 1 unspecified atom stereocenters. The van der Waals surface area contributed by atoms with Gasteiger partial charge in [0, 0.05) is 16.4 Å². The zero-order valence-corrected chi connectivity index (χ0v) is 32.3. The smallest absolute Gasteiger partial charge is 0.307 e. The van der Waals surface area contributed by atoms with Crippen molar-refractivity contribution in [3.63, 3.8) is 0 Å². The zero-order valence-electron chi connectivity index (χ0n) is 32.3. The number of rotatable bonds is 10. The average Bonchev–Trinajstić information content (AvgIpc) is 3.46. The minimum atomic E-state index is -0.626. The molecule has 0 spiro atoms. The fourth-order valence-electron chi connectivity index (χ4n) is 12.6. The Morgan fingerprint density at radius 1 is 1.14 bits per heavy atom. The van der Waals surface area contributed by atoms with E-state index in [4.69, 9.17) is 15.2 Å². The topological polar surface area (TPSA) is 137 Å². The maximum atomic E-state index is 13.5. The highest BCUT2D eigenvalue weighted by Crippen LogP contribution is 2.75. The summed E-state index contributed by atoms with van der Waals surface area (Å²) in [6.07, 6.45) is 7.97. The quantitative estimate of drug-likeness (QED) is 0.228. The number of nitrogens with zero attached hydrogens (tertiary/aromatic N) is 4. The van der Waals surface area contributed by atoms with Gasteiger partial charge in [-0.15, -0.1) is 5.10 Å². The first-order chi connectivity index (χ1) is 22.8. The van der Waals surface area contributed by atoms with Crippen molar-refractivity contribution in [2.24, 2.45) is 62.6 Å². The van der Waals surface area contributed by atoms with Gasteiger partial charge >= 0.3 is 5.97 Å². The SMILES string of the molecule is CCN[C@@](C)(CO[C@H]1[C@H](n2nnc(N)n2)CC23COC[C@@]1(C)[C@@H]2CC[C@H]1C3=CC[C@@]2(C)[C@H](C(=O)O)[C@@](C)([C@H](C)C(C)C)CC[C@]12C)C(C)C. The first-order valence-electron chi connectivity index (χ1n) is 19.3. The third kappa shape index (κ3) is 5.18. The van der Waals surface area contributed by atoms with Gasteiger partial charge in [0.15, 0.2) is 0 Å². The van der Waals surface area contributed by atoms with E-state index in [-0.39, 0.29) is 50.7 Å². The van der Waals surface area contributed by atoms with Crippen LogP contribution in [0.1, 0.15) is 121 Å². The number of carbonyl (C=O) groups is 1. The van der Waals surface area contributed by atoms with Crippen LogP contribution in [-0.4, -0.2) is 69.3 Å². The van der Waals surface area contributed by atoms with Crippen LogP contribution in [0.25, 0.3) is 0 Å². The van der Waals surface area contributed by atoms with Crippen molar-refractivity contribution in [3.8, 4) is 0 Å². The van der Waals surface area contributed by atoms with E-state index in [2.05, 4.69) is 103 Å². The van der Waals surface area contributed by atoms with Gasteiger partial charge in [-0.2, -0.15) is 4.80 Å². The summed E-state index contributed by atoms with van der Waals surface area (Å²) >= 11 is 0. The molecule has 5 aliphatic rings. The third-order valence-corrected chi connectivity index (χ3v) is 16.2. The Labute approximate surface area is 295 Å². The molecule has 10 heteroatoms. The van der Waals surface area contributed by atoms with Crippen molar-refractivity contribution in [2.45, 2.75) is 132 Å². The molecule has 2 heterocycles. The maximum Gasteiger partial charge on any atom is 0.307 e. The molecule has 0 radical (unpaired) electrons. The number of ether oxygens (including phenoxy) is 2. The van der Waals surface area contributed by atoms with Crippen LogP contribution in [0, 0.1) is 62.6 Å². The van der Waals surface area contributed by atoms with Crippen molar-refractivity contribution < 1.29 is 19.4 Å². The highest BCUT2D eigenvalue weighted by atomic mass is 16.5. The second-order valence-corrected chi connectivity index (χ2v) is 18.9. The van der Waals surface area contributed by atoms with Gasteiger partial charge in [0.05, 0.1) is 31.8 Å². The van der Waals surface area contributed by atoms with Crippen LogP contribution in [0.2, 0.25) is 0 Å². The summed E-state index contributed by atoms with van der Waals surface area (Å²) < 4.78 is 13.9. The second kappa shape index (κ2) is 12.3. The molecule has 12 atom stereocenters. The number of likely N-dealkylation sites (N-methyl/N-ethyl adjacent to an activating group) is 1. The number of nitrogens with two attached hydrogens (primary N) is 1. The number of nitrogens with one attached hydrogen (secondary N) is 1. The van der Waals surface area contributed by atoms with Gasteiger partial charge in [-0.1, -0.05) is 86.0 Å². The summed E-state index contributed by atoms with van der Waals surface area (Å²) in [5.41, 5.74) is 6.12. The monoisotopic (exact) mass is 683 g/mol. The lowest BCUT2D eigenvalue weighted by Gasteiger charge is -2.71. The number of nitrogen functional groups attached to an aromatic ring is 1.